The second kappa shape index (κ2) is 9.27. The summed E-state index contributed by atoms with van der Waals surface area (Å²) in [4.78, 5) is 21.7. The molecule has 0 atom stereocenters. The summed E-state index contributed by atoms with van der Waals surface area (Å²) in [6.45, 7) is 4.44. The monoisotopic (exact) mass is 395 g/mol. The lowest BCUT2D eigenvalue weighted by molar-refractivity contribution is 0.0764. The van der Waals surface area contributed by atoms with Gasteiger partial charge in [-0.05, 0) is 49.9 Å². The second-order valence-electron chi connectivity index (χ2n) is 7.78. The molecule has 3 heterocycles. The molecule has 2 fully saturated rings. The Labute approximate surface area is 172 Å². The van der Waals surface area contributed by atoms with Gasteiger partial charge in [-0.1, -0.05) is 6.07 Å². The van der Waals surface area contributed by atoms with Crippen molar-refractivity contribution >= 4 is 5.91 Å². The van der Waals surface area contributed by atoms with Crippen LogP contribution >= 0.6 is 0 Å². The number of piperidine rings is 1. The fourth-order valence-electron chi connectivity index (χ4n) is 4.08. The molecule has 1 aromatic heterocycles. The summed E-state index contributed by atoms with van der Waals surface area (Å²) in [5.74, 6) is 1.42. The molecule has 2 aliphatic rings. The molecule has 0 unspecified atom stereocenters. The highest BCUT2D eigenvalue weighted by Gasteiger charge is 2.26. The van der Waals surface area contributed by atoms with E-state index in [2.05, 4.69) is 16.0 Å². The van der Waals surface area contributed by atoms with Crippen molar-refractivity contribution in [1.82, 2.24) is 14.8 Å². The minimum Gasteiger partial charge on any atom is -0.497 e. The zero-order chi connectivity index (χ0) is 20.1. The smallest absolute Gasteiger partial charge is 0.257 e. The maximum absolute atomic E-state index is 13.0. The predicted molar refractivity (Wildman–Crippen MR) is 111 cm³/mol. The largest absolute Gasteiger partial charge is 0.497 e. The zero-order valence-electron chi connectivity index (χ0n) is 17.0. The van der Waals surface area contributed by atoms with Crippen LogP contribution in [-0.4, -0.2) is 60.1 Å². The molecule has 6 heteroatoms. The van der Waals surface area contributed by atoms with E-state index in [-0.39, 0.29) is 12.0 Å². The highest BCUT2D eigenvalue weighted by atomic mass is 16.5. The molecule has 2 aliphatic heterocycles. The maximum atomic E-state index is 13.0. The molecule has 154 valence electrons. The van der Waals surface area contributed by atoms with E-state index in [1.54, 1.807) is 7.11 Å². The Balaban J connectivity index is 1.40. The summed E-state index contributed by atoms with van der Waals surface area (Å²) in [5.41, 5.74) is 1.74. The van der Waals surface area contributed by atoms with Crippen LogP contribution in [-0.2, 0) is 6.54 Å². The number of carbonyl (C=O) groups is 1. The van der Waals surface area contributed by atoms with Crippen molar-refractivity contribution in [3.8, 4) is 11.5 Å². The fourth-order valence-corrected chi connectivity index (χ4v) is 4.08. The summed E-state index contributed by atoms with van der Waals surface area (Å²) in [7, 11) is 1.64. The van der Waals surface area contributed by atoms with Crippen LogP contribution in [0.2, 0.25) is 0 Å². The molecule has 0 N–H and O–H groups in total. The van der Waals surface area contributed by atoms with Gasteiger partial charge in [0.15, 0.2) is 0 Å². The number of benzene rings is 1. The molecular weight excluding hydrogens is 366 g/mol. The molecule has 0 radical (unpaired) electrons. The van der Waals surface area contributed by atoms with E-state index in [0.717, 1.165) is 64.1 Å². The molecule has 0 saturated carbocycles. The van der Waals surface area contributed by atoms with Crippen molar-refractivity contribution in [2.45, 2.75) is 38.3 Å². The first-order valence-corrected chi connectivity index (χ1v) is 10.5. The standard InChI is InChI=1S/C23H29N3O3/c1-28-20-7-8-21(23(27)26-12-4-5-13-26)22(16-20)29-19-9-14-25(15-10-19)17-18-6-2-3-11-24-18/h2-3,6-8,11,16,19H,4-5,9-10,12-15,17H2,1H3. The SMILES string of the molecule is COc1ccc(C(=O)N2CCCC2)c(OC2CCN(Cc3ccccn3)CC2)c1. The third kappa shape index (κ3) is 4.88. The van der Waals surface area contributed by atoms with Gasteiger partial charge in [-0.15, -0.1) is 0 Å². The Bertz CT molecular complexity index is 813. The molecule has 2 aromatic rings. The van der Waals surface area contributed by atoms with Gasteiger partial charge in [0.05, 0.1) is 18.4 Å². The van der Waals surface area contributed by atoms with E-state index >= 15 is 0 Å². The Morgan fingerprint density at radius 2 is 1.90 bits per heavy atom. The van der Waals surface area contributed by atoms with E-state index in [0.29, 0.717) is 17.1 Å². The molecule has 6 nitrogen and oxygen atoms in total. The molecule has 0 aliphatic carbocycles. The highest BCUT2D eigenvalue weighted by molar-refractivity contribution is 5.97. The van der Waals surface area contributed by atoms with Crippen LogP contribution in [0.25, 0.3) is 0 Å². The first-order chi connectivity index (χ1) is 14.2. The first kappa shape index (κ1) is 19.7. The van der Waals surface area contributed by atoms with E-state index in [9.17, 15) is 4.79 Å². The molecule has 2 saturated heterocycles. The second-order valence-corrected chi connectivity index (χ2v) is 7.78. The third-order valence-electron chi connectivity index (χ3n) is 5.75. The van der Waals surface area contributed by atoms with Crippen LogP contribution in [0.3, 0.4) is 0 Å². The summed E-state index contributed by atoms with van der Waals surface area (Å²) in [6.07, 6.45) is 5.96. The lowest BCUT2D eigenvalue weighted by Gasteiger charge is -2.32. The normalized spacial score (nSPS) is 18.0. The molecule has 0 bridgehead atoms. The number of carbonyl (C=O) groups excluding carboxylic acids is 1. The number of pyridine rings is 1. The number of rotatable bonds is 6. The lowest BCUT2D eigenvalue weighted by Crippen LogP contribution is -2.38. The van der Waals surface area contributed by atoms with Crippen molar-refractivity contribution in [2.24, 2.45) is 0 Å². The minimum absolute atomic E-state index is 0.0627. The number of hydrogen-bond acceptors (Lipinski definition) is 5. The van der Waals surface area contributed by atoms with E-state index in [4.69, 9.17) is 9.47 Å². The van der Waals surface area contributed by atoms with Crippen molar-refractivity contribution in [1.29, 1.82) is 0 Å². The van der Waals surface area contributed by atoms with Crippen molar-refractivity contribution in [3.63, 3.8) is 0 Å². The number of hydrogen-bond donors (Lipinski definition) is 0. The van der Waals surface area contributed by atoms with Crippen LogP contribution < -0.4 is 9.47 Å². The van der Waals surface area contributed by atoms with E-state index in [1.165, 1.54) is 0 Å². The average molecular weight is 396 g/mol. The van der Waals surface area contributed by atoms with Crippen molar-refractivity contribution < 1.29 is 14.3 Å². The third-order valence-corrected chi connectivity index (χ3v) is 5.75. The molecule has 4 rings (SSSR count). The van der Waals surface area contributed by atoms with Crippen LogP contribution in [0.5, 0.6) is 11.5 Å². The van der Waals surface area contributed by atoms with Gasteiger partial charge in [-0.25, -0.2) is 0 Å². The van der Waals surface area contributed by atoms with Gasteiger partial charge in [0.1, 0.15) is 17.6 Å². The molecule has 29 heavy (non-hydrogen) atoms. The number of nitrogens with zero attached hydrogens (tertiary/aromatic N) is 3. The number of ether oxygens (including phenoxy) is 2. The summed E-state index contributed by atoms with van der Waals surface area (Å²) in [5, 5.41) is 0. The summed E-state index contributed by atoms with van der Waals surface area (Å²) >= 11 is 0. The van der Waals surface area contributed by atoms with Gasteiger partial charge in [0, 0.05) is 45.0 Å². The van der Waals surface area contributed by atoms with Crippen LogP contribution in [0.1, 0.15) is 41.7 Å². The Morgan fingerprint density at radius 3 is 2.59 bits per heavy atom. The van der Waals surface area contributed by atoms with Gasteiger partial charge >= 0.3 is 0 Å². The molecular formula is C23H29N3O3. The first-order valence-electron chi connectivity index (χ1n) is 10.5. The van der Waals surface area contributed by atoms with Crippen LogP contribution in [0.4, 0.5) is 0 Å². The van der Waals surface area contributed by atoms with Gasteiger partial charge in [0.2, 0.25) is 0 Å². The van der Waals surface area contributed by atoms with E-state index < -0.39 is 0 Å². The average Bonchev–Trinajstić information content (AvgIpc) is 3.30. The maximum Gasteiger partial charge on any atom is 0.257 e. The van der Waals surface area contributed by atoms with Crippen LogP contribution in [0, 0.1) is 0 Å². The molecule has 1 amide bonds. The molecule has 1 aromatic carbocycles. The molecule has 0 spiro atoms. The van der Waals surface area contributed by atoms with E-state index in [1.807, 2.05) is 41.4 Å². The van der Waals surface area contributed by atoms with Gasteiger partial charge in [0.25, 0.3) is 5.91 Å². The highest BCUT2D eigenvalue weighted by Crippen LogP contribution is 2.30. The topological polar surface area (TPSA) is 54.9 Å². The lowest BCUT2D eigenvalue weighted by atomic mass is 10.1. The van der Waals surface area contributed by atoms with Crippen molar-refractivity contribution in [3.05, 3.63) is 53.9 Å². The van der Waals surface area contributed by atoms with Crippen LogP contribution in [0.15, 0.2) is 42.6 Å². The van der Waals surface area contributed by atoms with Gasteiger partial charge < -0.3 is 14.4 Å². The van der Waals surface area contributed by atoms with Gasteiger partial charge in [-0.2, -0.15) is 0 Å². The predicted octanol–water partition coefficient (Wildman–Crippen LogP) is 3.37. The summed E-state index contributed by atoms with van der Waals surface area (Å²) < 4.78 is 11.7. The quantitative estimate of drug-likeness (QED) is 0.751. The number of methoxy groups -OCH3 is 1. The van der Waals surface area contributed by atoms with Crippen molar-refractivity contribution in [2.75, 3.05) is 33.3 Å². The number of amides is 1. The minimum atomic E-state index is 0.0627. The number of likely N-dealkylation sites (tertiary alicyclic amines) is 2. The Kier molecular flexibility index (Phi) is 6.30. The summed E-state index contributed by atoms with van der Waals surface area (Å²) in [6, 6.07) is 11.6. The fraction of sp³-hybridized carbons (Fsp3) is 0.478. The number of aromatic nitrogens is 1. The Hall–Kier alpha value is -2.60. The zero-order valence-corrected chi connectivity index (χ0v) is 17.0. The van der Waals surface area contributed by atoms with Gasteiger partial charge in [-0.3, -0.25) is 14.7 Å². The Morgan fingerprint density at radius 1 is 1.10 bits per heavy atom.